The molecule has 1 unspecified atom stereocenters. The SMILES string of the molecule is C\C(=C/C(=C\C=C\N)C(=O)NC(c1ccsc1)C1CC1)C(=N)c1ccc(OC2CCN(C=O)CC2)cc1. The molecule has 1 atom stereocenters. The van der Waals surface area contributed by atoms with Crippen LogP contribution in [0.5, 0.6) is 5.75 Å². The Labute approximate surface area is 222 Å². The zero-order valence-corrected chi connectivity index (χ0v) is 21.9. The van der Waals surface area contributed by atoms with Crippen LogP contribution in [0.3, 0.4) is 0 Å². The number of rotatable bonds is 11. The highest BCUT2D eigenvalue weighted by molar-refractivity contribution is 7.08. The number of carbonyl (C=O) groups excluding carboxylic acids is 2. The van der Waals surface area contributed by atoms with Gasteiger partial charge in [-0.25, -0.2) is 0 Å². The van der Waals surface area contributed by atoms with Gasteiger partial charge in [-0.1, -0.05) is 0 Å². The van der Waals surface area contributed by atoms with Gasteiger partial charge in [0.2, 0.25) is 6.41 Å². The van der Waals surface area contributed by atoms with E-state index in [1.165, 1.54) is 6.20 Å². The van der Waals surface area contributed by atoms with Crippen LogP contribution in [-0.4, -0.2) is 42.1 Å². The summed E-state index contributed by atoms with van der Waals surface area (Å²) in [4.78, 5) is 25.9. The number of nitrogens with two attached hydrogens (primary N) is 1. The fourth-order valence-corrected chi connectivity index (χ4v) is 5.15. The van der Waals surface area contributed by atoms with Gasteiger partial charge in [0, 0.05) is 31.5 Å². The van der Waals surface area contributed by atoms with Crippen molar-refractivity contribution in [1.82, 2.24) is 10.2 Å². The Bertz CT molecular complexity index is 1170. The van der Waals surface area contributed by atoms with Crippen molar-refractivity contribution in [1.29, 1.82) is 5.41 Å². The molecule has 1 aromatic heterocycles. The van der Waals surface area contributed by atoms with Crippen molar-refractivity contribution in [2.24, 2.45) is 11.7 Å². The fraction of sp³-hybridized carbons (Fsp3) is 0.345. The molecule has 2 heterocycles. The van der Waals surface area contributed by atoms with E-state index in [1.807, 2.05) is 36.6 Å². The van der Waals surface area contributed by atoms with Crippen LogP contribution in [0.1, 0.15) is 49.8 Å². The first-order valence-corrected chi connectivity index (χ1v) is 13.6. The number of likely N-dealkylation sites (tertiary alicyclic amines) is 1. The average molecular weight is 519 g/mol. The highest BCUT2D eigenvalue weighted by atomic mass is 32.1. The second-order valence-corrected chi connectivity index (χ2v) is 10.3. The molecule has 0 spiro atoms. The maximum Gasteiger partial charge on any atom is 0.251 e. The molecule has 1 aromatic carbocycles. The van der Waals surface area contributed by atoms with Crippen LogP contribution in [-0.2, 0) is 9.59 Å². The van der Waals surface area contributed by atoms with Gasteiger partial charge >= 0.3 is 0 Å². The van der Waals surface area contributed by atoms with E-state index in [0.717, 1.165) is 49.0 Å². The number of ether oxygens (including phenoxy) is 1. The molecular weight excluding hydrogens is 484 g/mol. The minimum atomic E-state index is -0.183. The fourth-order valence-electron chi connectivity index (χ4n) is 4.45. The first kappa shape index (κ1) is 26.4. The van der Waals surface area contributed by atoms with Crippen LogP contribution in [0.2, 0.25) is 0 Å². The van der Waals surface area contributed by atoms with Crippen molar-refractivity contribution in [3.05, 3.63) is 87.8 Å². The van der Waals surface area contributed by atoms with E-state index >= 15 is 0 Å². The number of hydrogen-bond donors (Lipinski definition) is 3. The van der Waals surface area contributed by atoms with E-state index < -0.39 is 0 Å². The lowest BCUT2D eigenvalue weighted by molar-refractivity contribution is -0.120. The number of piperidine rings is 1. The Balaban J connectivity index is 1.42. The molecule has 1 aliphatic heterocycles. The summed E-state index contributed by atoms with van der Waals surface area (Å²) in [5.74, 6) is 1.03. The third-order valence-electron chi connectivity index (χ3n) is 6.77. The number of hydrogen-bond acceptors (Lipinski definition) is 6. The molecule has 1 saturated carbocycles. The summed E-state index contributed by atoms with van der Waals surface area (Å²) in [5, 5.41) is 16.0. The molecule has 8 heteroatoms. The molecule has 7 nitrogen and oxygen atoms in total. The van der Waals surface area contributed by atoms with Crippen LogP contribution in [0, 0.1) is 11.3 Å². The molecule has 4 N–H and O–H groups in total. The number of allylic oxidation sites excluding steroid dienone is 3. The Morgan fingerprint density at radius 3 is 2.51 bits per heavy atom. The van der Waals surface area contributed by atoms with Crippen LogP contribution in [0.4, 0.5) is 0 Å². The number of carbonyl (C=O) groups is 2. The topological polar surface area (TPSA) is 109 Å². The van der Waals surface area contributed by atoms with Gasteiger partial charge in [-0.3, -0.25) is 15.0 Å². The van der Waals surface area contributed by atoms with E-state index in [-0.39, 0.29) is 18.1 Å². The van der Waals surface area contributed by atoms with Crippen LogP contribution < -0.4 is 15.8 Å². The first-order valence-electron chi connectivity index (χ1n) is 12.6. The van der Waals surface area contributed by atoms with E-state index in [1.54, 1.807) is 34.5 Å². The molecule has 1 saturated heterocycles. The van der Waals surface area contributed by atoms with E-state index in [4.69, 9.17) is 15.9 Å². The van der Waals surface area contributed by atoms with Gasteiger partial charge in [-0.15, -0.1) is 0 Å². The Hall–Kier alpha value is -3.65. The van der Waals surface area contributed by atoms with Gasteiger partial charge in [0.15, 0.2) is 0 Å². The Kier molecular flexibility index (Phi) is 8.95. The second-order valence-electron chi connectivity index (χ2n) is 9.54. The molecule has 0 bridgehead atoms. The number of nitrogens with zero attached hydrogens (tertiary/aromatic N) is 1. The zero-order valence-electron chi connectivity index (χ0n) is 21.1. The average Bonchev–Trinajstić information content (AvgIpc) is 3.62. The molecule has 0 radical (unpaired) electrons. The number of nitrogens with one attached hydrogen (secondary N) is 2. The van der Waals surface area contributed by atoms with Crippen LogP contribution >= 0.6 is 11.3 Å². The second kappa shape index (κ2) is 12.5. The van der Waals surface area contributed by atoms with Gasteiger partial charge < -0.3 is 20.7 Å². The summed E-state index contributed by atoms with van der Waals surface area (Å²) in [6, 6.07) is 9.51. The molecule has 2 aliphatic rings. The third kappa shape index (κ3) is 7.20. The van der Waals surface area contributed by atoms with Gasteiger partial charge in [0.1, 0.15) is 11.9 Å². The smallest absolute Gasteiger partial charge is 0.251 e. The first-order chi connectivity index (χ1) is 18.0. The predicted molar refractivity (Wildman–Crippen MR) is 148 cm³/mol. The van der Waals surface area contributed by atoms with Crippen molar-refractivity contribution < 1.29 is 14.3 Å². The highest BCUT2D eigenvalue weighted by Gasteiger charge is 2.34. The maximum atomic E-state index is 13.3. The molecule has 2 fully saturated rings. The molecule has 2 aromatic rings. The number of thiophene rings is 1. The summed E-state index contributed by atoms with van der Waals surface area (Å²) >= 11 is 1.63. The lowest BCUT2D eigenvalue weighted by atomic mass is 10.00. The van der Waals surface area contributed by atoms with Gasteiger partial charge in [0.25, 0.3) is 5.91 Å². The minimum Gasteiger partial charge on any atom is -0.490 e. The molecule has 37 heavy (non-hydrogen) atoms. The highest BCUT2D eigenvalue weighted by Crippen LogP contribution is 2.41. The zero-order chi connectivity index (χ0) is 26.2. The monoisotopic (exact) mass is 518 g/mol. The number of benzene rings is 1. The lowest BCUT2D eigenvalue weighted by Gasteiger charge is -2.29. The van der Waals surface area contributed by atoms with Gasteiger partial charge in [0.05, 0.1) is 11.8 Å². The van der Waals surface area contributed by atoms with E-state index in [9.17, 15) is 9.59 Å². The van der Waals surface area contributed by atoms with Crippen molar-refractivity contribution in [3.8, 4) is 5.75 Å². The molecular formula is C29H34N4O3S. The molecule has 4 rings (SSSR count). The molecule has 194 valence electrons. The molecule has 2 amide bonds. The largest absolute Gasteiger partial charge is 0.490 e. The number of amides is 2. The predicted octanol–water partition coefficient (Wildman–Crippen LogP) is 4.73. The van der Waals surface area contributed by atoms with Crippen molar-refractivity contribution in [2.75, 3.05) is 13.1 Å². The lowest BCUT2D eigenvalue weighted by Crippen LogP contribution is -2.37. The Morgan fingerprint density at radius 1 is 1.19 bits per heavy atom. The quantitative estimate of drug-likeness (QED) is 0.173. The summed E-state index contributed by atoms with van der Waals surface area (Å²) < 4.78 is 6.07. The maximum absolute atomic E-state index is 13.3. The van der Waals surface area contributed by atoms with Crippen molar-refractivity contribution in [2.45, 2.75) is 44.8 Å². The summed E-state index contributed by atoms with van der Waals surface area (Å²) in [6.45, 7) is 3.24. The van der Waals surface area contributed by atoms with Crippen molar-refractivity contribution in [3.63, 3.8) is 0 Å². The minimum absolute atomic E-state index is 0.00428. The van der Waals surface area contributed by atoms with Gasteiger partial charge in [-0.05, 0) is 108 Å². The third-order valence-corrected chi connectivity index (χ3v) is 7.47. The van der Waals surface area contributed by atoms with Gasteiger partial charge in [-0.2, -0.15) is 11.3 Å². The van der Waals surface area contributed by atoms with E-state index in [2.05, 4.69) is 16.8 Å². The molecule has 1 aliphatic carbocycles. The summed E-state index contributed by atoms with van der Waals surface area (Å²) in [5.41, 5.74) is 8.87. The summed E-state index contributed by atoms with van der Waals surface area (Å²) in [7, 11) is 0. The standard InChI is InChI=1S/C29H34N4O3S/c1-20(27(31)21-6-8-25(9-7-21)36-26-10-14-33(19-34)15-11-26)17-23(3-2-13-30)29(35)32-28(22-4-5-22)24-12-16-37-18-24/h2-3,6-9,12-13,16-19,22,26,28,31H,4-5,10-11,14-15,30H2,1H3,(H,32,35)/b13-2+,20-17+,23-3+,31-27?. The van der Waals surface area contributed by atoms with Crippen molar-refractivity contribution >= 4 is 29.4 Å². The normalized spacial score (nSPS) is 18.0. The Morgan fingerprint density at radius 2 is 1.92 bits per heavy atom. The van der Waals surface area contributed by atoms with E-state index in [0.29, 0.717) is 35.9 Å². The van der Waals surface area contributed by atoms with Crippen LogP contribution in [0.25, 0.3) is 0 Å². The summed E-state index contributed by atoms with van der Waals surface area (Å²) in [6.07, 6.45) is 11.2. The van der Waals surface area contributed by atoms with Crippen LogP contribution in [0.15, 0.2) is 76.7 Å².